The average molecular weight is 295 g/mol. The summed E-state index contributed by atoms with van der Waals surface area (Å²) in [5, 5.41) is 3.15. The molecule has 0 bridgehead atoms. The standard InChI is InChI=1S/C13H25N7O/c1-3-20(4-2)13-17-11(16-12(18-13)19-14)15-7-8-21-9-10-5-6-10/h10H,3-9,14H2,1-2H3,(H2,15,16,17,18,19). The molecular weight excluding hydrogens is 270 g/mol. The van der Waals surface area contributed by atoms with Crippen LogP contribution in [0.1, 0.15) is 26.7 Å². The Morgan fingerprint density at radius 1 is 1.19 bits per heavy atom. The van der Waals surface area contributed by atoms with Crippen LogP contribution in [0.2, 0.25) is 0 Å². The summed E-state index contributed by atoms with van der Waals surface area (Å²) in [7, 11) is 0. The highest BCUT2D eigenvalue weighted by molar-refractivity contribution is 5.43. The number of anilines is 3. The van der Waals surface area contributed by atoms with Crippen molar-refractivity contribution in [1.29, 1.82) is 0 Å². The summed E-state index contributed by atoms with van der Waals surface area (Å²) in [5.41, 5.74) is 2.48. The minimum atomic E-state index is 0.355. The maximum Gasteiger partial charge on any atom is 0.243 e. The second-order valence-electron chi connectivity index (χ2n) is 5.04. The van der Waals surface area contributed by atoms with E-state index in [1.54, 1.807) is 0 Å². The SMILES string of the molecule is CCN(CC)c1nc(NN)nc(NCCOCC2CC2)n1. The van der Waals surface area contributed by atoms with Crippen molar-refractivity contribution in [3.05, 3.63) is 0 Å². The lowest BCUT2D eigenvalue weighted by Crippen LogP contribution is -2.26. The molecule has 0 spiro atoms. The molecule has 0 aromatic carbocycles. The second kappa shape index (κ2) is 7.94. The van der Waals surface area contributed by atoms with E-state index in [1.165, 1.54) is 12.8 Å². The van der Waals surface area contributed by atoms with Gasteiger partial charge < -0.3 is 15.0 Å². The van der Waals surface area contributed by atoms with Crippen molar-refractivity contribution in [2.45, 2.75) is 26.7 Å². The molecule has 2 rings (SSSR count). The van der Waals surface area contributed by atoms with E-state index in [1.807, 2.05) is 4.90 Å². The van der Waals surface area contributed by atoms with E-state index in [-0.39, 0.29) is 0 Å². The Morgan fingerprint density at radius 3 is 2.52 bits per heavy atom. The van der Waals surface area contributed by atoms with Crippen LogP contribution in [0.4, 0.5) is 17.8 Å². The van der Waals surface area contributed by atoms with Gasteiger partial charge >= 0.3 is 0 Å². The number of nitrogens with two attached hydrogens (primary N) is 1. The lowest BCUT2D eigenvalue weighted by atomic mass is 10.5. The van der Waals surface area contributed by atoms with Gasteiger partial charge in [0.1, 0.15) is 0 Å². The van der Waals surface area contributed by atoms with Gasteiger partial charge in [0.15, 0.2) is 0 Å². The van der Waals surface area contributed by atoms with Gasteiger partial charge in [-0.05, 0) is 32.6 Å². The lowest BCUT2D eigenvalue weighted by Gasteiger charge is -2.19. The van der Waals surface area contributed by atoms with Crippen LogP contribution in [0.15, 0.2) is 0 Å². The van der Waals surface area contributed by atoms with Gasteiger partial charge in [-0.25, -0.2) is 5.84 Å². The first-order valence-corrected chi connectivity index (χ1v) is 7.56. The van der Waals surface area contributed by atoms with Crippen LogP contribution >= 0.6 is 0 Å². The molecule has 0 unspecified atom stereocenters. The summed E-state index contributed by atoms with van der Waals surface area (Å²) >= 11 is 0. The van der Waals surface area contributed by atoms with Crippen molar-refractivity contribution >= 4 is 17.8 Å². The topological polar surface area (TPSA) is 101 Å². The molecule has 1 heterocycles. The molecule has 1 aromatic rings. The zero-order valence-corrected chi connectivity index (χ0v) is 12.8. The van der Waals surface area contributed by atoms with Crippen LogP contribution in [0.25, 0.3) is 0 Å². The van der Waals surface area contributed by atoms with E-state index in [2.05, 4.69) is 39.5 Å². The van der Waals surface area contributed by atoms with E-state index in [4.69, 9.17) is 10.6 Å². The fourth-order valence-electron chi connectivity index (χ4n) is 1.93. The van der Waals surface area contributed by atoms with Gasteiger partial charge in [0.05, 0.1) is 6.61 Å². The molecule has 118 valence electrons. The largest absolute Gasteiger partial charge is 0.379 e. The zero-order chi connectivity index (χ0) is 15.1. The first-order valence-electron chi connectivity index (χ1n) is 7.56. The Labute approximate surface area is 125 Å². The molecule has 0 saturated heterocycles. The third-order valence-corrected chi connectivity index (χ3v) is 3.38. The summed E-state index contributed by atoms with van der Waals surface area (Å²) in [5.74, 6) is 7.67. The van der Waals surface area contributed by atoms with Gasteiger partial charge in [0.25, 0.3) is 0 Å². The summed E-state index contributed by atoms with van der Waals surface area (Å²) in [4.78, 5) is 14.9. The van der Waals surface area contributed by atoms with Crippen molar-refractivity contribution in [2.75, 3.05) is 48.5 Å². The molecule has 0 radical (unpaired) electrons. The molecule has 1 aromatic heterocycles. The molecule has 8 heteroatoms. The predicted octanol–water partition coefficient (Wildman–Crippen LogP) is 0.842. The number of nitrogen functional groups attached to an aromatic ring is 1. The minimum absolute atomic E-state index is 0.355. The Hall–Kier alpha value is -1.67. The number of hydrogen-bond donors (Lipinski definition) is 3. The van der Waals surface area contributed by atoms with Gasteiger partial charge in [0.2, 0.25) is 17.8 Å². The molecule has 21 heavy (non-hydrogen) atoms. The van der Waals surface area contributed by atoms with Gasteiger partial charge in [-0.3, -0.25) is 5.43 Å². The van der Waals surface area contributed by atoms with Crippen molar-refractivity contribution in [2.24, 2.45) is 11.8 Å². The maximum absolute atomic E-state index is 5.57. The highest BCUT2D eigenvalue weighted by Crippen LogP contribution is 2.28. The first-order chi connectivity index (χ1) is 10.3. The summed E-state index contributed by atoms with van der Waals surface area (Å²) in [6.45, 7) is 7.94. The second-order valence-corrected chi connectivity index (χ2v) is 5.04. The number of nitrogens with zero attached hydrogens (tertiary/aromatic N) is 4. The molecule has 1 aliphatic rings. The molecule has 0 amide bonds. The predicted molar refractivity (Wildman–Crippen MR) is 83.2 cm³/mol. The first kappa shape index (κ1) is 15.7. The quantitative estimate of drug-likeness (QED) is 0.332. The van der Waals surface area contributed by atoms with E-state index < -0.39 is 0 Å². The zero-order valence-electron chi connectivity index (χ0n) is 12.8. The summed E-state index contributed by atoms with van der Waals surface area (Å²) in [6, 6.07) is 0. The van der Waals surface area contributed by atoms with Crippen molar-refractivity contribution in [3.8, 4) is 0 Å². The van der Waals surface area contributed by atoms with Crippen LogP contribution in [0, 0.1) is 5.92 Å². The molecule has 0 atom stereocenters. The highest BCUT2D eigenvalue weighted by atomic mass is 16.5. The van der Waals surface area contributed by atoms with Gasteiger partial charge in [0, 0.05) is 26.2 Å². The smallest absolute Gasteiger partial charge is 0.243 e. The molecule has 4 N–H and O–H groups in total. The molecule has 1 saturated carbocycles. The van der Waals surface area contributed by atoms with E-state index in [0.29, 0.717) is 31.0 Å². The van der Waals surface area contributed by atoms with Crippen molar-refractivity contribution in [1.82, 2.24) is 15.0 Å². The van der Waals surface area contributed by atoms with E-state index in [0.717, 1.165) is 25.6 Å². The number of nitrogens with one attached hydrogen (secondary N) is 2. The molecule has 0 aliphatic heterocycles. The fraction of sp³-hybridized carbons (Fsp3) is 0.769. The third-order valence-electron chi connectivity index (χ3n) is 3.38. The van der Waals surface area contributed by atoms with Crippen molar-refractivity contribution in [3.63, 3.8) is 0 Å². The van der Waals surface area contributed by atoms with E-state index in [9.17, 15) is 0 Å². The Balaban J connectivity index is 1.88. The average Bonchev–Trinajstić information content (AvgIpc) is 3.32. The Morgan fingerprint density at radius 2 is 1.90 bits per heavy atom. The monoisotopic (exact) mass is 295 g/mol. The normalized spacial score (nSPS) is 14.0. The fourth-order valence-corrected chi connectivity index (χ4v) is 1.93. The number of hydrogen-bond acceptors (Lipinski definition) is 8. The number of hydrazine groups is 1. The van der Waals surface area contributed by atoms with Gasteiger partial charge in [-0.15, -0.1) is 0 Å². The molecular formula is C13H25N7O. The third kappa shape index (κ3) is 4.98. The molecule has 8 nitrogen and oxygen atoms in total. The van der Waals surface area contributed by atoms with Crippen molar-refractivity contribution < 1.29 is 4.74 Å². The number of aromatic nitrogens is 3. The van der Waals surface area contributed by atoms with Crippen LogP contribution in [-0.4, -0.2) is 47.8 Å². The highest BCUT2D eigenvalue weighted by Gasteiger charge is 2.20. The lowest BCUT2D eigenvalue weighted by molar-refractivity contribution is 0.133. The van der Waals surface area contributed by atoms with Crippen LogP contribution in [-0.2, 0) is 4.74 Å². The Kier molecular flexibility index (Phi) is 5.94. The number of ether oxygens (including phenoxy) is 1. The summed E-state index contributed by atoms with van der Waals surface area (Å²) in [6.07, 6.45) is 2.61. The molecule has 1 aliphatic carbocycles. The van der Waals surface area contributed by atoms with Crippen LogP contribution in [0.3, 0.4) is 0 Å². The van der Waals surface area contributed by atoms with Gasteiger partial charge in [-0.2, -0.15) is 15.0 Å². The summed E-state index contributed by atoms with van der Waals surface area (Å²) < 4.78 is 5.57. The van der Waals surface area contributed by atoms with Gasteiger partial charge in [-0.1, -0.05) is 0 Å². The van der Waals surface area contributed by atoms with Crippen LogP contribution < -0.4 is 21.5 Å². The maximum atomic E-state index is 5.57. The Bertz CT molecular complexity index is 435. The molecule has 1 fully saturated rings. The van der Waals surface area contributed by atoms with E-state index >= 15 is 0 Å². The number of rotatable bonds is 10. The minimum Gasteiger partial charge on any atom is -0.379 e. The van der Waals surface area contributed by atoms with Crippen LogP contribution in [0.5, 0.6) is 0 Å².